The van der Waals surface area contributed by atoms with E-state index in [1.54, 1.807) is 24.3 Å². The third kappa shape index (κ3) is 4.55. The average Bonchev–Trinajstić information content (AvgIpc) is 2.79. The molecule has 2 aliphatic rings. The zero-order chi connectivity index (χ0) is 22.0. The minimum atomic E-state index is -3.75. The second kappa shape index (κ2) is 8.88. The predicted molar refractivity (Wildman–Crippen MR) is 117 cm³/mol. The molecule has 2 heterocycles. The standard InChI is InChI=1S/C23H28N2O5S/c1-16-6-9-19(10-7-16)31(27,28)25-12-4-3-5-20(25)23(26)24-17(2)18-8-11-21-22(15-18)30-14-13-29-21/h6-11,15,17,20H,3-5,12-14H2,1-2H3,(H,24,26). The molecule has 0 spiro atoms. The van der Waals surface area contributed by atoms with Gasteiger partial charge in [0, 0.05) is 6.54 Å². The van der Waals surface area contributed by atoms with Crippen molar-refractivity contribution in [2.24, 2.45) is 0 Å². The quantitative estimate of drug-likeness (QED) is 0.766. The molecule has 1 amide bonds. The van der Waals surface area contributed by atoms with Gasteiger partial charge >= 0.3 is 0 Å². The van der Waals surface area contributed by atoms with Crippen molar-refractivity contribution < 1.29 is 22.7 Å². The summed E-state index contributed by atoms with van der Waals surface area (Å²) in [4.78, 5) is 13.4. The normalized spacial score (nSPS) is 20.1. The summed E-state index contributed by atoms with van der Waals surface area (Å²) >= 11 is 0. The number of rotatable bonds is 5. The van der Waals surface area contributed by atoms with E-state index in [0.717, 1.165) is 24.0 Å². The smallest absolute Gasteiger partial charge is 0.243 e. The van der Waals surface area contributed by atoms with E-state index in [0.29, 0.717) is 37.7 Å². The van der Waals surface area contributed by atoms with Crippen molar-refractivity contribution in [3.05, 3.63) is 53.6 Å². The lowest BCUT2D eigenvalue weighted by Crippen LogP contribution is -2.52. The molecule has 2 aromatic rings. The maximum atomic E-state index is 13.2. The molecule has 1 N–H and O–H groups in total. The Morgan fingerprint density at radius 2 is 1.77 bits per heavy atom. The summed E-state index contributed by atoms with van der Waals surface area (Å²) in [5.41, 5.74) is 1.86. The SMILES string of the molecule is Cc1ccc(S(=O)(=O)N2CCCCC2C(=O)NC(C)c2ccc3c(c2)OCCO3)cc1. The summed E-state index contributed by atoms with van der Waals surface area (Å²) in [6.45, 7) is 5.14. The summed E-state index contributed by atoms with van der Waals surface area (Å²) in [7, 11) is -3.75. The van der Waals surface area contributed by atoms with Crippen LogP contribution in [0.1, 0.15) is 43.4 Å². The van der Waals surface area contributed by atoms with Crippen LogP contribution in [-0.4, -0.2) is 44.4 Å². The molecule has 166 valence electrons. The number of nitrogens with one attached hydrogen (secondary N) is 1. The third-order valence-corrected chi connectivity index (χ3v) is 7.73. The van der Waals surface area contributed by atoms with Gasteiger partial charge in [-0.1, -0.05) is 30.2 Å². The van der Waals surface area contributed by atoms with Gasteiger partial charge in [0.15, 0.2) is 11.5 Å². The highest BCUT2D eigenvalue weighted by Crippen LogP contribution is 2.33. The Kier molecular flexibility index (Phi) is 6.20. The first-order valence-electron chi connectivity index (χ1n) is 10.6. The molecule has 2 aromatic carbocycles. The minimum Gasteiger partial charge on any atom is -0.486 e. The zero-order valence-corrected chi connectivity index (χ0v) is 18.7. The second-order valence-corrected chi connectivity index (χ2v) is 9.96. The molecule has 1 saturated heterocycles. The van der Waals surface area contributed by atoms with Gasteiger partial charge in [-0.15, -0.1) is 0 Å². The molecular formula is C23H28N2O5S. The summed E-state index contributed by atoms with van der Waals surface area (Å²) in [6, 6.07) is 11.3. The summed E-state index contributed by atoms with van der Waals surface area (Å²) < 4.78 is 39.0. The fourth-order valence-electron chi connectivity index (χ4n) is 4.02. The van der Waals surface area contributed by atoms with E-state index < -0.39 is 16.1 Å². The van der Waals surface area contributed by atoms with E-state index >= 15 is 0 Å². The number of sulfonamides is 1. The molecule has 2 unspecified atom stereocenters. The Morgan fingerprint density at radius 1 is 1.06 bits per heavy atom. The van der Waals surface area contributed by atoms with E-state index in [2.05, 4.69) is 5.32 Å². The fraction of sp³-hybridized carbons (Fsp3) is 0.435. The van der Waals surface area contributed by atoms with E-state index in [9.17, 15) is 13.2 Å². The Morgan fingerprint density at radius 3 is 2.52 bits per heavy atom. The average molecular weight is 445 g/mol. The van der Waals surface area contributed by atoms with Gasteiger partial charge in [0.2, 0.25) is 15.9 Å². The molecular weight excluding hydrogens is 416 g/mol. The van der Waals surface area contributed by atoms with E-state index in [1.165, 1.54) is 4.31 Å². The van der Waals surface area contributed by atoms with Crippen LogP contribution in [-0.2, 0) is 14.8 Å². The third-order valence-electron chi connectivity index (χ3n) is 5.81. The number of carbonyl (C=O) groups is 1. The lowest BCUT2D eigenvalue weighted by molar-refractivity contribution is -0.126. The van der Waals surface area contributed by atoms with Crippen molar-refractivity contribution in [1.29, 1.82) is 0 Å². The largest absolute Gasteiger partial charge is 0.486 e. The number of carbonyl (C=O) groups excluding carboxylic acids is 1. The molecule has 4 rings (SSSR count). The Hall–Kier alpha value is -2.58. The van der Waals surface area contributed by atoms with Gasteiger partial charge in [0.25, 0.3) is 0 Å². The van der Waals surface area contributed by atoms with Gasteiger partial charge < -0.3 is 14.8 Å². The van der Waals surface area contributed by atoms with E-state index in [4.69, 9.17) is 9.47 Å². The van der Waals surface area contributed by atoms with E-state index in [-0.39, 0.29) is 16.8 Å². The summed E-state index contributed by atoms with van der Waals surface area (Å²) in [6.07, 6.45) is 2.06. The van der Waals surface area contributed by atoms with Crippen LogP contribution in [0, 0.1) is 6.92 Å². The number of piperidine rings is 1. The molecule has 2 atom stereocenters. The van der Waals surface area contributed by atoms with Gasteiger partial charge in [-0.05, 0) is 56.5 Å². The molecule has 0 bridgehead atoms. The topological polar surface area (TPSA) is 84.9 Å². The van der Waals surface area contributed by atoms with Crippen LogP contribution >= 0.6 is 0 Å². The first-order valence-corrected chi connectivity index (χ1v) is 12.1. The Labute approximate surface area is 183 Å². The van der Waals surface area contributed by atoms with Crippen LogP contribution < -0.4 is 14.8 Å². The molecule has 0 saturated carbocycles. The molecule has 0 radical (unpaired) electrons. The number of benzene rings is 2. The maximum absolute atomic E-state index is 13.2. The summed E-state index contributed by atoms with van der Waals surface area (Å²) in [5, 5.41) is 2.99. The highest BCUT2D eigenvalue weighted by atomic mass is 32.2. The number of nitrogens with zero attached hydrogens (tertiary/aromatic N) is 1. The number of aryl methyl sites for hydroxylation is 1. The monoisotopic (exact) mass is 444 g/mol. The predicted octanol–water partition coefficient (Wildman–Crippen LogP) is 3.19. The van der Waals surface area contributed by atoms with Gasteiger partial charge in [-0.25, -0.2) is 8.42 Å². The van der Waals surface area contributed by atoms with E-state index in [1.807, 2.05) is 32.0 Å². The molecule has 0 aliphatic carbocycles. The first-order chi connectivity index (χ1) is 14.9. The Bertz CT molecular complexity index is 1050. The van der Waals surface area contributed by atoms with Crippen LogP contribution in [0.3, 0.4) is 0 Å². The van der Waals surface area contributed by atoms with Crippen molar-refractivity contribution in [3.63, 3.8) is 0 Å². The number of hydrogen-bond donors (Lipinski definition) is 1. The minimum absolute atomic E-state index is 0.220. The summed E-state index contributed by atoms with van der Waals surface area (Å²) in [5.74, 6) is 1.07. The van der Waals surface area contributed by atoms with Crippen molar-refractivity contribution >= 4 is 15.9 Å². The van der Waals surface area contributed by atoms with Gasteiger partial charge in [-0.2, -0.15) is 4.31 Å². The molecule has 2 aliphatic heterocycles. The molecule has 31 heavy (non-hydrogen) atoms. The van der Waals surface area contributed by atoms with Crippen LogP contribution in [0.25, 0.3) is 0 Å². The van der Waals surface area contributed by atoms with Crippen LogP contribution in [0.4, 0.5) is 0 Å². The Balaban J connectivity index is 1.51. The van der Waals surface area contributed by atoms with Gasteiger partial charge in [0.05, 0.1) is 10.9 Å². The van der Waals surface area contributed by atoms with Crippen LogP contribution in [0.15, 0.2) is 47.4 Å². The van der Waals surface area contributed by atoms with Crippen molar-refractivity contribution in [1.82, 2.24) is 9.62 Å². The molecule has 0 aromatic heterocycles. The highest BCUT2D eigenvalue weighted by molar-refractivity contribution is 7.89. The van der Waals surface area contributed by atoms with Crippen molar-refractivity contribution in [2.45, 2.75) is 50.1 Å². The fourth-order valence-corrected chi connectivity index (χ4v) is 5.68. The van der Waals surface area contributed by atoms with Crippen molar-refractivity contribution in [3.8, 4) is 11.5 Å². The van der Waals surface area contributed by atoms with Crippen LogP contribution in [0.2, 0.25) is 0 Å². The number of ether oxygens (including phenoxy) is 2. The first kappa shape index (κ1) is 21.6. The molecule has 1 fully saturated rings. The van der Waals surface area contributed by atoms with Crippen LogP contribution in [0.5, 0.6) is 11.5 Å². The molecule has 7 nitrogen and oxygen atoms in total. The van der Waals surface area contributed by atoms with Gasteiger partial charge in [-0.3, -0.25) is 4.79 Å². The maximum Gasteiger partial charge on any atom is 0.243 e. The van der Waals surface area contributed by atoms with Crippen molar-refractivity contribution in [2.75, 3.05) is 19.8 Å². The lowest BCUT2D eigenvalue weighted by Gasteiger charge is -2.34. The van der Waals surface area contributed by atoms with Gasteiger partial charge in [0.1, 0.15) is 19.3 Å². The number of hydrogen-bond acceptors (Lipinski definition) is 5. The highest BCUT2D eigenvalue weighted by Gasteiger charge is 2.38. The lowest BCUT2D eigenvalue weighted by atomic mass is 10.0. The zero-order valence-electron chi connectivity index (χ0n) is 17.8. The molecule has 8 heteroatoms. The second-order valence-electron chi connectivity index (χ2n) is 8.07. The number of fused-ring (bicyclic) bond motifs is 1. The number of amides is 1.